The molecular weight excluding hydrogens is 324 g/mol. The molecule has 0 radical (unpaired) electrons. The van der Waals surface area contributed by atoms with Crippen molar-refractivity contribution in [2.45, 2.75) is 59.0 Å². The molecule has 1 aliphatic carbocycles. The van der Waals surface area contributed by atoms with Gasteiger partial charge in [-0.25, -0.2) is 15.0 Å². The number of aliphatic imine (C=N–C) groups is 1. The quantitative estimate of drug-likeness (QED) is 0.639. The van der Waals surface area contributed by atoms with Gasteiger partial charge in [-0.3, -0.25) is 4.57 Å². The van der Waals surface area contributed by atoms with Crippen molar-refractivity contribution in [2.24, 2.45) is 10.9 Å². The van der Waals surface area contributed by atoms with Crippen molar-refractivity contribution in [3.63, 3.8) is 0 Å². The van der Waals surface area contributed by atoms with Crippen LogP contribution in [0.3, 0.4) is 0 Å². The number of aromatic nitrogens is 3. The second-order valence-electron chi connectivity index (χ2n) is 7.17. The molecule has 0 aliphatic heterocycles. The third kappa shape index (κ3) is 4.84. The van der Waals surface area contributed by atoms with E-state index in [1.807, 2.05) is 30.0 Å². The third-order valence-corrected chi connectivity index (χ3v) is 5.00. The first kappa shape index (κ1) is 18.4. The molecule has 0 saturated heterocycles. The second-order valence-corrected chi connectivity index (χ2v) is 7.17. The van der Waals surface area contributed by atoms with E-state index in [4.69, 9.17) is 4.99 Å². The summed E-state index contributed by atoms with van der Waals surface area (Å²) in [5.74, 6) is 3.58. The second kappa shape index (κ2) is 8.83. The molecule has 1 aliphatic rings. The molecule has 0 atom stereocenters. The third-order valence-electron chi connectivity index (χ3n) is 5.00. The summed E-state index contributed by atoms with van der Waals surface area (Å²) in [6, 6.07) is 4.63. The lowest BCUT2D eigenvalue weighted by molar-refractivity contribution is 0.329. The van der Waals surface area contributed by atoms with Crippen LogP contribution in [0, 0.1) is 12.8 Å². The van der Waals surface area contributed by atoms with Crippen LogP contribution in [0.4, 0.5) is 0 Å². The van der Waals surface area contributed by atoms with Gasteiger partial charge in [-0.05, 0) is 57.1 Å². The van der Waals surface area contributed by atoms with E-state index in [-0.39, 0.29) is 0 Å². The number of guanidine groups is 1. The van der Waals surface area contributed by atoms with Crippen molar-refractivity contribution in [1.29, 1.82) is 0 Å². The standard InChI is InChI=1S/C20H30N6/c1-4-21-20(25-18-8-5-15(2)6-9-18)24-14-17-7-10-19(23-13-17)26-12-11-22-16(26)3/h7,10-13,15,18H,4-6,8-9,14H2,1-3H3,(H2,21,24,25). The molecule has 140 valence electrons. The van der Waals surface area contributed by atoms with Crippen LogP contribution in [0.2, 0.25) is 0 Å². The molecule has 1 fully saturated rings. The molecule has 0 amide bonds. The molecular formula is C20H30N6. The van der Waals surface area contributed by atoms with Crippen LogP contribution in [-0.2, 0) is 6.54 Å². The predicted molar refractivity (Wildman–Crippen MR) is 105 cm³/mol. The first-order valence-electron chi connectivity index (χ1n) is 9.65. The van der Waals surface area contributed by atoms with Crippen molar-refractivity contribution >= 4 is 5.96 Å². The molecule has 2 aromatic heterocycles. The number of imidazole rings is 1. The maximum atomic E-state index is 4.74. The zero-order valence-corrected chi connectivity index (χ0v) is 16.1. The number of nitrogens with zero attached hydrogens (tertiary/aromatic N) is 4. The average Bonchev–Trinajstić information content (AvgIpc) is 3.08. The highest BCUT2D eigenvalue weighted by atomic mass is 15.2. The van der Waals surface area contributed by atoms with E-state index in [1.165, 1.54) is 25.7 Å². The Morgan fingerprint density at radius 1 is 1.23 bits per heavy atom. The molecule has 0 bridgehead atoms. The van der Waals surface area contributed by atoms with Gasteiger partial charge in [-0.2, -0.15) is 0 Å². The monoisotopic (exact) mass is 354 g/mol. The van der Waals surface area contributed by atoms with Crippen LogP contribution >= 0.6 is 0 Å². The summed E-state index contributed by atoms with van der Waals surface area (Å²) in [4.78, 5) is 13.5. The number of aryl methyl sites for hydroxylation is 1. The zero-order valence-electron chi connectivity index (χ0n) is 16.1. The Balaban J connectivity index is 1.61. The zero-order chi connectivity index (χ0) is 18.4. The molecule has 2 heterocycles. The first-order chi connectivity index (χ1) is 12.7. The molecule has 3 rings (SSSR count). The number of rotatable bonds is 5. The van der Waals surface area contributed by atoms with Gasteiger partial charge in [0, 0.05) is 31.2 Å². The molecule has 0 unspecified atom stereocenters. The maximum absolute atomic E-state index is 4.74. The van der Waals surface area contributed by atoms with Gasteiger partial charge >= 0.3 is 0 Å². The van der Waals surface area contributed by atoms with E-state index < -0.39 is 0 Å². The largest absolute Gasteiger partial charge is 0.357 e. The Morgan fingerprint density at radius 3 is 2.65 bits per heavy atom. The van der Waals surface area contributed by atoms with Gasteiger partial charge in [0.2, 0.25) is 0 Å². The van der Waals surface area contributed by atoms with E-state index in [1.54, 1.807) is 6.20 Å². The molecule has 6 nitrogen and oxygen atoms in total. The topological polar surface area (TPSA) is 67.1 Å². The molecule has 0 aromatic carbocycles. The van der Waals surface area contributed by atoms with E-state index in [0.717, 1.165) is 35.6 Å². The smallest absolute Gasteiger partial charge is 0.191 e. The van der Waals surface area contributed by atoms with E-state index >= 15 is 0 Å². The highest BCUT2D eigenvalue weighted by Gasteiger charge is 2.18. The lowest BCUT2D eigenvalue weighted by Gasteiger charge is -2.28. The first-order valence-corrected chi connectivity index (χ1v) is 9.65. The summed E-state index contributed by atoms with van der Waals surface area (Å²) >= 11 is 0. The van der Waals surface area contributed by atoms with Crippen molar-refractivity contribution in [3.8, 4) is 5.82 Å². The maximum Gasteiger partial charge on any atom is 0.191 e. The number of hydrogen-bond acceptors (Lipinski definition) is 3. The van der Waals surface area contributed by atoms with Crippen molar-refractivity contribution in [3.05, 3.63) is 42.1 Å². The van der Waals surface area contributed by atoms with Crippen molar-refractivity contribution in [1.82, 2.24) is 25.2 Å². The van der Waals surface area contributed by atoms with Crippen molar-refractivity contribution < 1.29 is 0 Å². The van der Waals surface area contributed by atoms with Crippen LogP contribution in [0.5, 0.6) is 0 Å². The SMILES string of the molecule is CCNC(=NCc1ccc(-n2ccnc2C)nc1)NC1CCC(C)CC1. The molecule has 2 aromatic rings. The molecule has 6 heteroatoms. The minimum atomic E-state index is 0.536. The van der Waals surface area contributed by atoms with Crippen LogP contribution in [0.15, 0.2) is 35.7 Å². The van der Waals surface area contributed by atoms with Gasteiger partial charge in [0.05, 0.1) is 6.54 Å². The summed E-state index contributed by atoms with van der Waals surface area (Å²) in [5.41, 5.74) is 1.10. The lowest BCUT2D eigenvalue weighted by atomic mass is 9.87. The van der Waals surface area contributed by atoms with E-state index in [9.17, 15) is 0 Å². The number of pyridine rings is 1. The van der Waals surface area contributed by atoms with Gasteiger partial charge in [0.15, 0.2) is 5.96 Å². The van der Waals surface area contributed by atoms with E-state index in [0.29, 0.717) is 12.6 Å². The predicted octanol–water partition coefficient (Wildman–Crippen LogP) is 3.21. The highest BCUT2D eigenvalue weighted by molar-refractivity contribution is 5.80. The van der Waals surface area contributed by atoms with Crippen molar-refractivity contribution in [2.75, 3.05) is 6.54 Å². The Kier molecular flexibility index (Phi) is 6.26. The van der Waals surface area contributed by atoms with Crippen LogP contribution in [-0.4, -0.2) is 33.1 Å². The Morgan fingerprint density at radius 2 is 2.04 bits per heavy atom. The molecule has 26 heavy (non-hydrogen) atoms. The van der Waals surface area contributed by atoms with Gasteiger partial charge in [-0.15, -0.1) is 0 Å². The Labute approximate surface area is 156 Å². The molecule has 2 N–H and O–H groups in total. The van der Waals surface area contributed by atoms with Gasteiger partial charge in [0.1, 0.15) is 11.6 Å². The van der Waals surface area contributed by atoms with E-state index in [2.05, 4.69) is 40.5 Å². The summed E-state index contributed by atoms with van der Waals surface area (Å²) in [6.45, 7) is 7.91. The summed E-state index contributed by atoms with van der Waals surface area (Å²) in [6.07, 6.45) is 10.7. The lowest BCUT2D eigenvalue weighted by Crippen LogP contribution is -2.44. The molecule has 1 saturated carbocycles. The fraction of sp³-hybridized carbons (Fsp3) is 0.550. The van der Waals surface area contributed by atoms with Gasteiger partial charge in [0.25, 0.3) is 0 Å². The Bertz CT molecular complexity index is 710. The Hall–Kier alpha value is -2.37. The van der Waals surface area contributed by atoms with Crippen LogP contribution < -0.4 is 10.6 Å². The average molecular weight is 355 g/mol. The van der Waals surface area contributed by atoms with Crippen LogP contribution in [0.1, 0.15) is 50.9 Å². The summed E-state index contributed by atoms with van der Waals surface area (Å²) in [5, 5.41) is 6.95. The summed E-state index contributed by atoms with van der Waals surface area (Å²) < 4.78 is 1.97. The number of nitrogens with one attached hydrogen (secondary N) is 2. The minimum absolute atomic E-state index is 0.536. The fourth-order valence-electron chi connectivity index (χ4n) is 3.36. The molecule has 0 spiro atoms. The highest BCUT2D eigenvalue weighted by Crippen LogP contribution is 2.23. The summed E-state index contributed by atoms with van der Waals surface area (Å²) in [7, 11) is 0. The number of hydrogen-bond donors (Lipinski definition) is 2. The normalized spacial score (nSPS) is 20.8. The van der Waals surface area contributed by atoms with Crippen LogP contribution in [0.25, 0.3) is 5.82 Å². The van der Waals surface area contributed by atoms with Gasteiger partial charge < -0.3 is 10.6 Å². The van der Waals surface area contributed by atoms with Gasteiger partial charge in [-0.1, -0.05) is 13.0 Å². The minimum Gasteiger partial charge on any atom is -0.357 e. The fourth-order valence-corrected chi connectivity index (χ4v) is 3.36.